The highest BCUT2D eigenvalue weighted by atomic mass is 16.5. The van der Waals surface area contributed by atoms with Gasteiger partial charge in [0.15, 0.2) is 0 Å². The van der Waals surface area contributed by atoms with Crippen LogP contribution in [0.25, 0.3) is 0 Å². The molecule has 1 amide bonds. The number of benzene rings is 1. The van der Waals surface area contributed by atoms with Crippen molar-refractivity contribution >= 4 is 17.6 Å². The van der Waals surface area contributed by atoms with Crippen LogP contribution in [0.1, 0.15) is 30.4 Å². The van der Waals surface area contributed by atoms with Crippen LogP contribution < -0.4 is 5.32 Å². The summed E-state index contributed by atoms with van der Waals surface area (Å²) in [6.07, 6.45) is 1.10. The Hall–Kier alpha value is -1.88. The SMILES string of the molecule is Cc1cc(C)cc(NC(=O)[C@@H](CC(=O)O)[C@H]2CCCO2)c1. The van der Waals surface area contributed by atoms with Crippen LogP contribution in [-0.4, -0.2) is 29.7 Å². The number of anilines is 1. The highest BCUT2D eigenvalue weighted by Gasteiger charge is 2.33. The number of rotatable bonds is 5. The minimum Gasteiger partial charge on any atom is -0.481 e. The molecule has 1 aliphatic rings. The first-order valence-electron chi connectivity index (χ1n) is 7.18. The van der Waals surface area contributed by atoms with E-state index < -0.39 is 11.9 Å². The van der Waals surface area contributed by atoms with Crippen molar-refractivity contribution in [3.63, 3.8) is 0 Å². The van der Waals surface area contributed by atoms with Crippen molar-refractivity contribution in [2.75, 3.05) is 11.9 Å². The minimum absolute atomic E-state index is 0.207. The van der Waals surface area contributed by atoms with E-state index in [-0.39, 0.29) is 18.4 Å². The largest absolute Gasteiger partial charge is 0.481 e. The summed E-state index contributed by atoms with van der Waals surface area (Å²) in [5.41, 5.74) is 2.81. The van der Waals surface area contributed by atoms with Crippen LogP contribution >= 0.6 is 0 Å². The molecule has 1 aliphatic heterocycles. The smallest absolute Gasteiger partial charge is 0.304 e. The molecule has 0 radical (unpaired) electrons. The molecule has 0 aromatic heterocycles. The van der Waals surface area contributed by atoms with Crippen molar-refractivity contribution in [3.8, 4) is 0 Å². The third-order valence-corrected chi connectivity index (χ3v) is 3.63. The molecule has 2 rings (SSSR count). The van der Waals surface area contributed by atoms with Crippen LogP contribution in [0, 0.1) is 19.8 Å². The average molecular weight is 291 g/mol. The molecule has 2 N–H and O–H groups in total. The Kier molecular flexibility index (Phi) is 4.96. The second-order valence-electron chi connectivity index (χ2n) is 5.62. The van der Waals surface area contributed by atoms with Gasteiger partial charge in [0.1, 0.15) is 0 Å². The second-order valence-corrected chi connectivity index (χ2v) is 5.62. The predicted molar refractivity (Wildman–Crippen MR) is 79.3 cm³/mol. The van der Waals surface area contributed by atoms with E-state index in [1.165, 1.54) is 0 Å². The topological polar surface area (TPSA) is 75.6 Å². The van der Waals surface area contributed by atoms with Crippen molar-refractivity contribution < 1.29 is 19.4 Å². The Bertz CT molecular complexity index is 515. The number of carbonyl (C=O) groups excluding carboxylic acids is 1. The first-order valence-corrected chi connectivity index (χ1v) is 7.18. The van der Waals surface area contributed by atoms with Crippen LogP contribution in [0.2, 0.25) is 0 Å². The van der Waals surface area contributed by atoms with Gasteiger partial charge in [-0.15, -0.1) is 0 Å². The van der Waals surface area contributed by atoms with Crippen molar-refractivity contribution in [2.24, 2.45) is 5.92 Å². The number of aliphatic carboxylic acids is 1. The lowest BCUT2D eigenvalue weighted by Crippen LogP contribution is -2.34. The zero-order chi connectivity index (χ0) is 15.4. The zero-order valence-electron chi connectivity index (χ0n) is 12.4. The van der Waals surface area contributed by atoms with E-state index in [9.17, 15) is 9.59 Å². The van der Waals surface area contributed by atoms with Gasteiger partial charge in [0.05, 0.1) is 18.4 Å². The molecule has 1 saturated heterocycles. The van der Waals surface area contributed by atoms with E-state index in [0.29, 0.717) is 12.3 Å². The molecule has 0 saturated carbocycles. The number of carboxylic acids is 1. The van der Waals surface area contributed by atoms with Crippen LogP contribution in [-0.2, 0) is 14.3 Å². The van der Waals surface area contributed by atoms with Crippen LogP contribution in [0.5, 0.6) is 0 Å². The number of amides is 1. The highest BCUT2D eigenvalue weighted by Crippen LogP contribution is 2.25. The molecule has 5 nitrogen and oxygen atoms in total. The molecule has 0 spiro atoms. The molecular weight excluding hydrogens is 270 g/mol. The van der Waals surface area contributed by atoms with E-state index in [0.717, 1.165) is 24.0 Å². The van der Waals surface area contributed by atoms with Crippen LogP contribution in [0.3, 0.4) is 0 Å². The molecule has 1 fully saturated rings. The highest BCUT2D eigenvalue weighted by molar-refractivity contribution is 5.95. The van der Waals surface area contributed by atoms with Crippen molar-refractivity contribution in [2.45, 2.75) is 39.2 Å². The molecule has 5 heteroatoms. The lowest BCUT2D eigenvalue weighted by atomic mass is 9.95. The number of nitrogens with one attached hydrogen (secondary N) is 1. The summed E-state index contributed by atoms with van der Waals surface area (Å²) in [7, 11) is 0. The number of carbonyl (C=O) groups is 2. The fourth-order valence-electron chi connectivity index (χ4n) is 2.78. The Balaban J connectivity index is 2.11. The van der Waals surface area contributed by atoms with Gasteiger partial charge in [-0.25, -0.2) is 0 Å². The molecule has 1 aromatic carbocycles. The van der Waals surface area contributed by atoms with Crippen LogP contribution in [0.4, 0.5) is 5.69 Å². The van der Waals surface area contributed by atoms with Crippen molar-refractivity contribution in [3.05, 3.63) is 29.3 Å². The van der Waals surface area contributed by atoms with Gasteiger partial charge in [-0.2, -0.15) is 0 Å². The van der Waals surface area contributed by atoms with Gasteiger partial charge in [-0.3, -0.25) is 9.59 Å². The lowest BCUT2D eigenvalue weighted by Gasteiger charge is -2.21. The normalized spacial score (nSPS) is 19.2. The standard InChI is InChI=1S/C16H21NO4/c1-10-6-11(2)8-12(7-10)17-16(20)13(9-15(18)19)14-4-3-5-21-14/h6-8,13-14H,3-5,9H2,1-2H3,(H,17,20)(H,18,19)/t13-,14+/m0/s1. The predicted octanol–water partition coefficient (Wildman–Crippen LogP) is 2.51. The van der Waals surface area contributed by atoms with Gasteiger partial charge in [0, 0.05) is 12.3 Å². The van der Waals surface area contributed by atoms with Crippen LogP contribution in [0.15, 0.2) is 18.2 Å². The quantitative estimate of drug-likeness (QED) is 0.874. The number of aryl methyl sites for hydroxylation is 2. The Morgan fingerprint density at radius 2 is 2.00 bits per heavy atom. The summed E-state index contributed by atoms with van der Waals surface area (Å²) < 4.78 is 5.50. The summed E-state index contributed by atoms with van der Waals surface area (Å²) in [5, 5.41) is 11.8. The third kappa shape index (κ3) is 4.29. The van der Waals surface area contributed by atoms with Gasteiger partial charge in [0.2, 0.25) is 5.91 Å². The summed E-state index contributed by atoms with van der Waals surface area (Å²) in [5.74, 6) is -1.91. The average Bonchev–Trinajstić information content (AvgIpc) is 2.87. The van der Waals surface area contributed by atoms with Gasteiger partial charge < -0.3 is 15.2 Å². The maximum absolute atomic E-state index is 12.4. The maximum atomic E-state index is 12.4. The molecule has 0 unspecified atom stereocenters. The second kappa shape index (κ2) is 6.72. The number of hydrogen-bond acceptors (Lipinski definition) is 3. The Labute approximate surface area is 124 Å². The zero-order valence-corrected chi connectivity index (χ0v) is 12.4. The molecule has 2 atom stereocenters. The fraction of sp³-hybridized carbons (Fsp3) is 0.500. The van der Waals surface area contributed by atoms with Gasteiger partial charge >= 0.3 is 5.97 Å². The third-order valence-electron chi connectivity index (χ3n) is 3.63. The lowest BCUT2D eigenvalue weighted by molar-refractivity contribution is -0.142. The van der Waals surface area contributed by atoms with Gasteiger partial charge in [-0.1, -0.05) is 6.07 Å². The molecule has 1 aromatic rings. The summed E-state index contributed by atoms with van der Waals surface area (Å²) in [6, 6.07) is 5.76. The molecule has 114 valence electrons. The van der Waals surface area contributed by atoms with E-state index >= 15 is 0 Å². The monoisotopic (exact) mass is 291 g/mol. The number of carboxylic acid groups (broad SMARTS) is 1. The number of ether oxygens (including phenoxy) is 1. The van der Waals surface area contributed by atoms with Gasteiger partial charge in [0.25, 0.3) is 0 Å². The van der Waals surface area contributed by atoms with E-state index in [2.05, 4.69) is 5.32 Å². The minimum atomic E-state index is -0.980. The first kappa shape index (κ1) is 15.5. The van der Waals surface area contributed by atoms with Gasteiger partial charge in [-0.05, 0) is 49.9 Å². The van der Waals surface area contributed by atoms with E-state index in [1.807, 2.05) is 32.0 Å². The first-order chi connectivity index (χ1) is 9.95. The van der Waals surface area contributed by atoms with E-state index in [1.54, 1.807) is 0 Å². The molecule has 0 aliphatic carbocycles. The molecule has 1 heterocycles. The Morgan fingerprint density at radius 1 is 1.33 bits per heavy atom. The maximum Gasteiger partial charge on any atom is 0.304 e. The van der Waals surface area contributed by atoms with Crippen molar-refractivity contribution in [1.82, 2.24) is 0 Å². The molecular formula is C16H21NO4. The molecule has 0 bridgehead atoms. The van der Waals surface area contributed by atoms with E-state index in [4.69, 9.17) is 9.84 Å². The fourth-order valence-corrected chi connectivity index (χ4v) is 2.78. The van der Waals surface area contributed by atoms with Crippen molar-refractivity contribution in [1.29, 1.82) is 0 Å². The Morgan fingerprint density at radius 3 is 2.52 bits per heavy atom. The molecule has 21 heavy (non-hydrogen) atoms. The summed E-state index contributed by atoms with van der Waals surface area (Å²) in [4.78, 5) is 23.4. The summed E-state index contributed by atoms with van der Waals surface area (Å²) in [6.45, 7) is 4.51. The number of hydrogen-bond donors (Lipinski definition) is 2. The summed E-state index contributed by atoms with van der Waals surface area (Å²) >= 11 is 0.